The molecule has 2 aromatic rings. The molecule has 4 nitrogen and oxygen atoms in total. The Kier molecular flexibility index (Phi) is 5.35. The van der Waals surface area contributed by atoms with Gasteiger partial charge in [-0.1, -0.05) is 52.0 Å². The molecular weight excluding hydrogens is 456 g/mol. The maximum Gasteiger partial charge on any atom is 0.161 e. The first-order chi connectivity index (χ1) is 17.5. The van der Waals surface area contributed by atoms with Gasteiger partial charge < -0.3 is 10.6 Å². The number of fused-ring (bicyclic) bond motifs is 2. The number of allylic oxidation sites excluding steroid dienone is 4. The lowest BCUT2D eigenvalue weighted by atomic mass is 9.95. The standard InChI is InChI=1S/C33H38N2O2/c1-18(28-26(36)16-24-30(28)32(24,3)4)34-22-11-7-20(8-12-22)15-21-9-13-23(14-10-21)35-19(2)29-27(37)17-25-31(29)33(25,5)6/h7-14,24-25,30-31,34-35H,15-17H2,1-6H3/t24-,25-,30+,31+/m0/s1. The van der Waals surface area contributed by atoms with Crippen molar-refractivity contribution >= 4 is 22.9 Å². The van der Waals surface area contributed by atoms with Gasteiger partial charge in [-0.3, -0.25) is 9.59 Å². The second-order valence-corrected chi connectivity index (χ2v) is 13.0. The highest BCUT2D eigenvalue weighted by Gasteiger charge is 2.66. The van der Waals surface area contributed by atoms with Gasteiger partial charge in [0.15, 0.2) is 11.6 Å². The van der Waals surface area contributed by atoms with E-state index in [1.165, 1.54) is 11.1 Å². The highest BCUT2D eigenvalue weighted by atomic mass is 16.1. The molecule has 0 aliphatic heterocycles. The zero-order valence-electron chi connectivity index (χ0n) is 22.9. The Hall–Kier alpha value is -3.14. The molecule has 0 radical (unpaired) electrons. The quantitative estimate of drug-likeness (QED) is 0.419. The van der Waals surface area contributed by atoms with Crippen LogP contribution in [0, 0.1) is 34.5 Å². The van der Waals surface area contributed by atoms with Crippen LogP contribution in [0.2, 0.25) is 0 Å². The van der Waals surface area contributed by atoms with Crippen molar-refractivity contribution in [2.24, 2.45) is 34.5 Å². The summed E-state index contributed by atoms with van der Waals surface area (Å²) in [5, 5.41) is 6.97. The number of hydrogen-bond acceptors (Lipinski definition) is 4. The van der Waals surface area contributed by atoms with Gasteiger partial charge in [-0.25, -0.2) is 0 Å². The summed E-state index contributed by atoms with van der Waals surface area (Å²) in [4.78, 5) is 25.0. The van der Waals surface area contributed by atoms with Crippen LogP contribution in [0.25, 0.3) is 0 Å². The van der Waals surface area contributed by atoms with Gasteiger partial charge in [0.1, 0.15) is 0 Å². The number of benzene rings is 2. The summed E-state index contributed by atoms with van der Waals surface area (Å²) in [6.45, 7) is 13.2. The van der Waals surface area contributed by atoms with Gasteiger partial charge in [0, 0.05) is 46.8 Å². The first-order valence-corrected chi connectivity index (χ1v) is 13.7. The van der Waals surface area contributed by atoms with Crippen LogP contribution >= 0.6 is 0 Å². The molecule has 192 valence electrons. The van der Waals surface area contributed by atoms with Gasteiger partial charge in [0.25, 0.3) is 0 Å². The number of rotatable bonds is 6. The van der Waals surface area contributed by atoms with E-state index in [0.29, 0.717) is 48.1 Å². The summed E-state index contributed by atoms with van der Waals surface area (Å²) in [5.41, 5.74) is 9.09. The third kappa shape index (κ3) is 3.96. The Morgan fingerprint density at radius 2 is 1.03 bits per heavy atom. The van der Waals surface area contributed by atoms with Gasteiger partial charge >= 0.3 is 0 Å². The molecule has 2 aromatic carbocycles. The maximum atomic E-state index is 12.5. The summed E-state index contributed by atoms with van der Waals surface area (Å²) in [5.74, 6) is 2.52. The second kappa shape index (κ2) is 8.18. The van der Waals surface area contributed by atoms with E-state index in [-0.39, 0.29) is 10.8 Å². The largest absolute Gasteiger partial charge is 0.359 e. The molecule has 2 N–H and O–H groups in total. The van der Waals surface area contributed by atoms with Crippen molar-refractivity contribution in [3.63, 3.8) is 0 Å². The zero-order chi connectivity index (χ0) is 26.3. The van der Waals surface area contributed by atoms with E-state index in [4.69, 9.17) is 0 Å². The van der Waals surface area contributed by atoms with Crippen molar-refractivity contribution in [1.82, 2.24) is 0 Å². The minimum absolute atomic E-state index is 0.266. The number of Topliss-reactive ketones (excluding diaryl/α,β-unsaturated/α-hetero) is 2. The Labute approximate surface area is 220 Å². The van der Waals surface area contributed by atoms with Gasteiger partial charge in [-0.2, -0.15) is 0 Å². The maximum absolute atomic E-state index is 12.5. The van der Waals surface area contributed by atoms with Crippen molar-refractivity contribution < 1.29 is 9.59 Å². The fraction of sp³-hybridized carbons (Fsp3) is 0.455. The van der Waals surface area contributed by atoms with Crippen LogP contribution in [-0.4, -0.2) is 11.6 Å². The third-order valence-corrected chi connectivity index (χ3v) is 9.92. The average molecular weight is 495 g/mol. The van der Waals surface area contributed by atoms with Crippen LogP contribution < -0.4 is 10.6 Å². The molecule has 0 aromatic heterocycles. The zero-order valence-corrected chi connectivity index (χ0v) is 22.9. The number of carbonyl (C=O) groups is 2. The molecule has 0 bridgehead atoms. The summed E-state index contributed by atoms with van der Waals surface area (Å²) in [6.07, 6.45) is 2.26. The van der Waals surface area contributed by atoms with E-state index < -0.39 is 0 Å². The molecule has 0 spiro atoms. The highest BCUT2D eigenvalue weighted by Crippen LogP contribution is 2.69. The molecule has 4 aliphatic rings. The monoisotopic (exact) mass is 494 g/mol. The second-order valence-electron chi connectivity index (χ2n) is 13.0. The van der Waals surface area contributed by atoms with Crippen molar-refractivity contribution in [3.05, 3.63) is 82.2 Å². The van der Waals surface area contributed by atoms with E-state index in [1.807, 2.05) is 13.8 Å². The van der Waals surface area contributed by atoms with Crippen LogP contribution in [0.15, 0.2) is 71.1 Å². The Bertz CT molecular complexity index is 1250. The lowest BCUT2D eigenvalue weighted by Gasteiger charge is -2.15. The van der Waals surface area contributed by atoms with Gasteiger partial charge in [-0.05, 0) is 90.2 Å². The van der Waals surface area contributed by atoms with Crippen molar-refractivity contribution in [3.8, 4) is 0 Å². The van der Waals surface area contributed by atoms with Gasteiger partial charge in [0.2, 0.25) is 0 Å². The van der Waals surface area contributed by atoms with Crippen LogP contribution in [0.1, 0.15) is 65.5 Å². The first-order valence-electron chi connectivity index (χ1n) is 13.7. The van der Waals surface area contributed by atoms with Crippen LogP contribution in [0.4, 0.5) is 11.4 Å². The number of ketones is 2. The molecule has 0 heterocycles. The fourth-order valence-corrected chi connectivity index (χ4v) is 7.46. The Morgan fingerprint density at radius 1 is 0.676 bits per heavy atom. The summed E-state index contributed by atoms with van der Waals surface area (Å²) >= 11 is 0. The smallest absolute Gasteiger partial charge is 0.161 e. The third-order valence-electron chi connectivity index (χ3n) is 9.92. The molecule has 37 heavy (non-hydrogen) atoms. The molecule has 4 atom stereocenters. The number of anilines is 2. The fourth-order valence-electron chi connectivity index (χ4n) is 7.46. The topological polar surface area (TPSA) is 58.2 Å². The number of hydrogen-bond donors (Lipinski definition) is 2. The summed E-state index contributed by atoms with van der Waals surface area (Å²) in [7, 11) is 0. The minimum atomic E-state index is 0.266. The average Bonchev–Trinajstić information content (AvgIpc) is 3.34. The molecule has 6 rings (SSSR count). The van der Waals surface area contributed by atoms with E-state index in [0.717, 1.165) is 40.3 Å². The molecule has 0 amide bonds. The van der Waals surface area contributed by atoms with E-state index >= 15 is 0 Å². The summed E-state index contributed by atoms with van der Waals surface area (Å²) < 4.78 is 0. The van der Waals surface area contributed by atoms with Crippen LogP contribution in [0.3, 0.4) is 0 Å². The number of nitrogens with one attached hydrogen (secondary N) is 2. The molecule has 4 saturated carbocycles. The van der Waals surface area contributed by atoms with Crippen molar-refractivity contribution in [2.75, 3.05) is 10.6 Å². The Morgan fingerprint density at radius 3 is 1.35 bits per heavy atom. The normalized spacial score (nSPS) is 31.0. The summed E-state index contributed by atoms with van der Waals surface area (Å²) in [6, 6.07) is 17.0. The lowest BCUT2D eigenvalue weighted by Crippen LogP contribution is -2.12. The van der Waals surface area contributed by atoms with Crippen LogP contribution in [-0.2, 0) is 16.0 Å². The molecule has 4 fully saturated rings. The Balaban J connectivity index is 1.08. The highest BCUT2D eigenvalue weighted by molar-refractivity contribution is 6.02. The number of carbonyl (C=O) groups excluding carboxylic acids is 2. The van der Waals surface area contributed by atoms with E-state index in [9.17, 15) is 9.59 Å². The SMILES string of the molecule is CC(Nc1ccc(Cc2ccc(NC(C)=C3C(=O)C[C@H]4[C@H]3C4(C)C)cc2)cc1)=C1C(=O)C[C@H]2[C@H]1C2(C)C. The lowest BCUT2D eigenvalue weighted by molar-refractivity contribution is -0.116. The predicted molar refractivity (Wildman–Crippen MR) is 149 cm³/mol. The minimum Gasteiger partial charge on any atom is -0.359 e. The molecule has 0 saturated heterocycles. The van der Waals surface area contributed by atoms with Gasteiger partial charge in [0.05, 0.1) is 0 Å². The predicted octanol–water partition coefficient (Wildman–Crippen LogP) is 7.14. The van der Waals surface area contributed by atoms with E-state index in [2.05, 4.69) is 86.9 Å². The van der Waals surface area contributed by atoms with Crippen LogP contribution in [0.5, 0.6) is 0 Å². The van der Waals surface area contributed by atoms with Gasteiger partial charge in [-0.15, -0.1) is 0 Å². The molecule has 4 aliphatic carbocycles. The molecule has 4 heteroatoms. The molecular formula is C33H38N2O2. The van der Waals surface area contributed by atoms with Crippen molar-refractivity contribution in [1.29, 1.82) is 0 Å². The molecule has 0 unspecified atom stereocenters. The van der Waals surface area contributed by atoms with E-state index in [1.54, 1.807) is 0 Å². The first kappa shape index (κ1) is 24.2. The van der Waals surface area contributed by atoms with Crippen molar-refractivity contribution in [2.45, 2.75) is 60.8 Å².